The quantitative estimate of drug-likeness (QED) is 0.343. The molecule has 112 valence electrons. The van der Waals surface area contributed by atoms with E-state index >= 15 is 0 Å². The Kier molecular flexibility index (Phi) is 6.07. The van der Waals surface area contributed by atoms with Gasteiger partial charge in [0.05, 0.1) is 19.1 Å². The van der Waals surface area contributed by atoms with Crippen molar-refractivity contribution in [2.75, 3.05) is 19.6 Å². The largest absolute Gasteiger partial charge is 0.480 e. The van der Waals surface area contributed by atoms with Crippen molar-refractivity contribution in [2.45, 2.75) is 24.9 Å². The van der Waals surface area contributed by atoms with E-state index in [0.29, 0.717) is 0 Å². The van der Waals surface area contributed by atoms with Crippen LogP contribution in [0.5, 0.6) is 0 Å². The van der Waals surface area contributed by atoms with Crippen LogP contribution < -0.4 is 21.7 Å². The second-order valence-electron chi connectivity index (χ2n) is 4.46. The number of rotatable bonds is 1. The zero-order valence-electron chi connectivity index (χ0n) is 10.8. The van der Waals surface area contributed by atoms with Crippen molar-refractivity contribution in [3.05, 3.63) is 0 Å². The van der Waals surface area contributed by atoms with Crippen molar-refractivity contribution >= 4 is 23.6 Å². The van der Waals surface area contributed by atoms with E-state index in [9.17, 15) is 19.2 Å². The second-order valence-corrected chi connectivity index (χ2v) is 4.46. The van der Waals surface area contributed by atoms with Gasteiger partial charge in [-0.15, -0.1) is 0 Å². The summed E-state index contributed by atoms with van der Waals surface area (Å²) < 4.78 is 0. The van der Waals surface area contributed by atoms with E-state index in [1.807, 2.05) is 0 Å². The summed E-state index contributed by atoms with van der Waals surface area (Å²) in [6, 6.07) is -1.93. The van der Waals surface area contributed by atoms with Crippen LogP contribution in [0.4, 0.5) is 0 Å². The first-order valence-corrected chi connectivity index (χ1v) is 6.18. The molecule has 20 heavy (non-hydrogen) atoms. The molecular formula is C11H18N4O5. The molecule has 6 N–H and O–H groups in total. The molecule has 9 nitrogen and oxygen atoms in total. The number of Topliss-reactive ketones (excluding diaryl/α,β-unsaturated/α-hetero) is 1. The summed E-state index contributed by atoms with van der Waals surface area (Å²) in [5.74, 6) is -2.45. The predicted molar refractivity (Wildman–Crippen MR) is 67.7 cm³/mol. The monoisotopic (exact) mass is 286 g/mol. The van der Waals surface area contributed by atoms with Gasteiger partial charge in [-0.1, -0.05) is 0 Å². The Hall–Kier alpha value is -2.00. The van der Waals surface area contributed by atoms with Crippen LogP contribution >= 0.6 is 0 Å². The summed E-state index contributed by atoms with van der Waals surface area (Å²) in [5.41, 5.74) is 5.61. The number of carboxylic acids is 1. The molecular weight excluding hydrogens is 268 g/mol. The van der Waals surface area contributed by atoms with Gasteiger partial charge in [-0.25, -0.2) is 0 Å². The lowest BCUT2D eigenvalue weighted by atomic mass is 10.1. The van der Waals surface area contributed by atoms with Crippen molar-refractivity contribution < 1.29 is 24.3 Å². The van der Waals surface area contributed by atoms with Crippen LogP contribution in [0.1, 0.15) is 12.8 Å². The van der Waals surface area contributed by atoms with Crippen LogP contribution in [0, 0.1) is 0 Å². The topological polar surface area (TPSA) is 151 Å². The van der Waals surface area contributed by atoms with E-state index in [1.165, 1.54) is 0 Å². The van der Waals surface area contributed by atoms with Gasteiger partial charge in [0, 0.05) is 13.0 Å². The summed E-state index contributed by atoms with van der Waals surface area (Å²) in [6.45, 7) is -0.656. The predicted octanol–water partition coefficient (Wildman–Crippen LogP) is -3.05. The Labute approximate surface area is 115 Å². The van der Waals surface area contributed by atoms with E-state index in [-0.39, 0.29) is 44.2 Å². The molecule has 0 aromatic carbocycles. The number of amides is 2. The molecule has 1 fully saturated rings. The molecule has 0 aromatic heterocycles. The van der Waals surface area contributed by atoms with Gasteiger partial charge in [0.2, 0.25) is 11.8 Å². The third-order valence-corrected chi connectivity index (χ3v) is 2.87. The molecule has 2 amide bonds. The zero-order valence-corrected chi connectivity index (χ0v) is 10.8. The molecule has 2 atom stereocenters. The number of nitrogens with one attached hydrogen (secondary N) is 3. The summed E-state index contributed by atoms with van der Waals surface area (Å²) in [5, 5.41) is 16.2. The maximum atomic E-state index is 11.7. The van der Waals surface area contributed by atoms with E-state index < -0.39 is 24.0 Å². The molecule has 1 heterocycles. The van der Waals surface area contributed by atoms with Crippen LogP contribution in [0.2, 0.25) is 0 Å². The molecule has 0 radical (unpaired) electrons. The molecule has 9 heteroatoms. The highest BCUT2D eigenvalue weighted by atomic mass is 16.4. The number of carbonyl (C=O) groups excluding carboxylic acids is 3. The summed E-state index contributed by atoms with van der Waals surface area (Å²) in [4.78, 5) is 45.4. The molecule has 0 aromatic rings. The van der Waals surface area contributed by atoms with Crippen molar-refractivity contribution in [1.29, 1.82) is 0 Å². The molecule has 0 aliphatic carbocycles. The van der Waals surface area contributed by atoms with Crippen LogP contribution in [0.3, 0.4) is 0 Å². The normalized spacial score (nSPS) is 26.6. The van der Waals surface area contributed by atoms with Gasteiger partial charge in [-0.05, 0) is 6.42 Å². The lowest BCUT2D eigenvalue weighted by Crippen LogP contribution is -2.50. The summed E-state index contributed by atoms with van der Waals surface area (Å²) >= 11 is 0. The van der Waals surface area contributed by atoms with Gasteiger partial charge in [0.15, 0.2) is 5.78 Å². The van der Waals surface area contributed by atoms with Gasteiger partial charge < -0.3 is 21.5 Å². The minimum Gasteiger partial charge on any atom is -0.480 e. The van der Waals surface area contributed by atoms with Gasteiger partial charge in [0.25, 0.3) is 0 Å². The fourth-order valence-electron chi connectivity index (χ4n) is 1.59. The number of hydrogen-bond donors (Lipinski definition) is 5. The number of ketones is 1. The highest BCUT2D eigenvalue weighted by Gasteiger charge is 2.22. The van der Waals surface area contributed by atoms with E-state index in [1.54, 1.807) is 0 Å². The average Bonchev–Trinajstić information content (AvgIpc) is 2.41. The minimum absolute atomic E-state index is 0.0303. The van der Waals surface area contributed by atoms with Crippen LogP contribution in [-0.4, -0.2) is 60.4 Å². The van der Waals surface area contributed by atoms with Crippen molar-refractivity contribution in [3.63, 3.8) is 0 Å². The molecule has 2 unspecified atom stereocenters. The lowest BCUT2D eigenvalue weighted by molar-refractivity contribution is -0.139. The molecule has 0 bridgehead atoms. The lowest BCUT2D eigenvalue weighted by Gasteiger charge is -2.15. The van der Waals surface area contributed by atoms with Gasteiger partial charge >= 0.3 is 5.97 Å². The first kappa shape index (κ1) is 16.1. The molecule has 1 aliphatic heterocycles. The van der Waals surface area contributed by atoms with Crippen LogP contribution in [0.25, 0.3) is 0 Å². The third-order valence-electron chi connectivity index (χ3n) is 2.87. The minimum atomic E-state index is -1.19. The molecule has 1 rings (SSSR count). The highest BCUT2D eigenvalue weighted by Crippen LogP contribution is 1.97. The fraction of sp³-hybridized carbons (Fsp3) is 0.636. The van der Waals surface area contributed by atoms with E-state index in [4.69, 9.17) is 10.8 Å². The fourth-order valence-corrected chi connectivity index (χ4v) is 1.59. The Bertz CT molecular complexity index is 412. The summed E-state index contributed by atoms with van der Waals surface area (Å²) in [6.07, 6.45) is 0.175. The highest BCUT2D eigenvalue weighted by molar-refractivity contribution is 5.88. The van der Waals surface area contributed by atoms with Crippen LogP contribution in [-0.2, 0) is 19.2 Å². The van der Waals surface area contributed by atoms with E-state index in [2.05, 4.69) is 16.0 Å². The van der Waals surface area contributed by atoms with Crippen LogP contribution in [0.15, 0.2) is 0 Å². The number of carbonyl (C=O) groups is 4. The Morgan fingerprint density at radius 2 is 1.85 bits per heavy atom. The zero-order chi connectivity index (χ0) is 15.1. The first-order valence-electron chi connectivity index (χ1n) is 6.18. The maximum Gasteiger partial charge on any atom is 0.322 e. The standard InChI is InChI=1S/C11H18N4O5/c12-6-1-2-9(17)15-5-10(18)14-3-7(11(19)20)13-4-8(6)16/h6-7,13H,1-5,12H2,(H,14,18)(H,15,17)(H,19,20). The number of hydrogen-bond acceptors (Lipinski definition) is 6. The van der Waals surface area contributed by atoms with E-state index in [0.717, 1.165) is 0 Å². The number of carboxylic acid groups (broad SMARTS) is 1. The average molecular weight is 286 g/mol. The third kappa shape index (κ3) is 5.33. The Morgan fingerprint density at radius 1 is 1.15 bits per heavy atom. The first-order chi connectivity index (χ1) is 9.40. The van der Waals surface area contributed by atoms with Gasteiger partial charge in [-0.3, -0.25) is 24.5 Å². The van der Waals surface area contributed by atoms with Gasteiger partial charge in [-0.2, -0.15) is 0 Å². The number of aliphatic carboxylic acids is 1. The molecule has 1 aliphatic rings. The molecule has 1 saturated heterocycles. The Balaban J connectivity index is 2.71. The maximum absolute atomic E-state index is 11.7. The Morgan fingerprint density at radius 3 is 2.50 bits per heavy atom. The molecule has 0 saturated carbocycles. The number of nitrogens with two attached hydrogens (primary N) is 1. The van der Waals surface area contributed by atoms with Crippen molar-refractivity contribution in [1.82, 2.24) is 16.0 Å². The van der Waals surface area contributed by atoms with Crippen molar-refractivity contribution in [2.24, 2.45) is 5.73 Å². The summed E-state index contributed by atoms with van der Waals surface area (Å²) in [7, 11) is 0. The SMILES string of the molecule is NC1CCC(=O)NCC(=O)NCC(C(=O)O)NCC1=O. The second kappa shape index (κ2) is 7.56. The smallest absolute Gasteiger partial charge is 0.322 e. The van der Waals surface area contributed by atoms with Crippen molar-refractivity contribution in [3.8, 4) is 0 Å². The van der Waals surface area contributed by atoms with Gasteiger partial charge in [0.1, 0.15) is 6.04 Å². The molecule has 0 spiro atoms.